The summed E-state index contributed by atoms with van der Waals surface area (Å²) < 4.78 is 16.9. The van der Waals surface area contributed by atoms with Crippen molar-refractivity contribution in [2.75, 3.05) is 23.1 Å². The number of hydroxylamine groups is 5. The Morgan fingerprint density at radius 1 is 0.425 bits per heavy atom. The predicted octanol–water partition coefficient (Wildman–Crippen LogP) is 14.9. The fraction of sp³-hybridized carbons (Fsp3) is 0.0795. The molecule has 1 aliphatic heterocycles. The van der Waals surface area contributed by atoms with Crippen LogP contribution < -0.4 is 57.6 Å². The van der Waals surface area contributed by atoms with Gasteiger partial charge in [0.1, 0.15) is 40.4 Å². The largest absolute Gasteiger partial charge is 0.497 e. The summed E-state index contributed by atoms with van der Waals surface area (Å²) in [5.41, 5.74) is 19.1. The number of amides is 7. The minimum Gasteiger partial charge on any atom is -0.497 e. The van der Waals surface area contributed by atoms with Crippen LogP contribution in [0.25, 0.3) is 65.6 Å². The molecule has 0 saturated heterocycles. The smallest absolute Gasteiger partial charge is 0.276 e. The number of nitrogens with zero attached hydrogens (tertiary/aromatic N) is 7. The van der Waals surface area contributed by atoms with E-state index < -0.39 is 29.5 Å². The fourth-order valence-electron chi connectivity index (χ4n) is 12.2. The first-order valence-corrected chi connectivity index (χ1v) is 37.0. The molecule has 17 rings (SSSR count). The number of benzene rings is 8. The molecule has 32 heteroatoms. The second kappa shape index (κ2) is 38.7. The number of methoxy groups -OCH3 is 1. The number of hydrogen-bond acceptors (Lipinski definition) is 24. The van der Waals surface area contributed by atoms with E-state index in [0.29, 0.717) is 96.9 Å². The summed E-state index contributed by atoms with van der Waals surface area (Å²) in [7, 11) is 1.57. The number of nitrogens with one attached hydrogen (secondary N) is 8. The first-order chi connectivity index (χ1) is 58.3. The number of carbonyl (C=O) groups is 8. The maximum Gasteiger partial charge on any atom is 0.276 e. The molecule has 31 nitrogen and oxygen atoms in total. The number of hydrogen-bond donors (Lipinski definition) is 13. The van der Waals surface area contributed by atoms with E-state index in [0.717, 1.165) is 79.0 Å². The van der Waals surface area contributed by atoms with Crippen LogP contribution in [0.15, 0.2) is 262 Å². The molecule has 0 spiro atoms. The van der Waals surface area contributed by atoms with Gasteiger partial charge in [0.15, 0.2) is 5.78 Å². The number of carbonyl (C=O) groups excluding carboxylic acids is 8. The standard InChI is InChI=1S/C19H16N4O4.C19H16N2O4.C18H14N4O4.C16H11ClN2O2.C16H13N3O2/c24-18(11-1-2-11)22-17-9-15(5-6-20-17)27-14-4-3-12-7-13(19(25)23-26)10-21-16(12)8-14;1-25-16-5-3-13(4-6-16)18(22)9-12-2-7-17-14(8-12)10-15(11-20-17)19(23)21-24;23-16-4-2-13-15(5-6-19-17(13)21-16)26-12-1-3-14-10(8-12)7-11(9-20-14)18(24)22-25;17-14-5-3-10(4-6-14)11-1-2-12-7-13(16(20)19-21)9-18-15(12)8-11;20-16(19-21)12-8-11-6-7-14(9-15(11)17-10-12)18-13-4-2-1-3-5-13/h3-11,26H,1-2H2,(H,23,25)(H,20,22,24);2-8,10-11,24H,9H2,1H3,(H,21,23);1,3,5-9,25H,2,4H2,(H,22,24)(H,19,21,23);1-9,21H,(H,19,20);1-10,18,21H,(H,19,20). The first-order valence-electron chi connectivity index (χ1n) is 36.7. The first kappa shape index (κ1) is 82.3. The molecule has 8 aromatic carbocycles. The highest BCUT2D eigenvalue weighted by atomic mass is 35.5. The number of halogens is 1. The van der Waals surface area contributed by atoms with Gasteiger partial charge in [-0.3, -0.25) is 89.3 Å². The van der Waals surface area contributed by atoms with Crippen LogP contribution in [0, 0.1) is 5.92 Å². The molecule has 1 fully saturated rings. The van der Waals surface area contributed by atoms with Crippen molar-refractivity contribution in [1.82, 2.24) is 62.3 Å². The molecule has 0 radical (unpaired) electrons. The summed E-state index contributed by atoms with van der Waals surface area (Å²) in [6, 6.07) is 65.1. The maximum absolute atomic E-state index is 12.4. The average molecular weight is 1630 g/mol. The summed E-state index contributed by atoms with van der Waals surface area (Å²) in [6.07, 6.45) is 13.2. The van der Waals surface area contributed by atoms with E-state index >= 15 is 0 Å². The van der Waals surface area contributed by atoms with Crippen molar-refractivity contribution in [2.24, 2.45) is 5.92 Å². The minimum atomic E-state index is -0.635. The highest BCUT2D eigenvalue weighted by Crippen LogP contribution is 2.36. The monoisotopic (exact) mass is 1630 g/mol. The molecular formula is C88H70ClN15O16. The Morgan fingerprint density at radius 3 is 1.50 bits per heavy atom. The Balaban J connectivity index is 0.000000130. The van der Waals surface area contributed by atoms with Crippen molar-refractivity contribution in [3.8, 4) is 39.9 Å². The quantitative estimate of drug-likeness (QED) is 0.0215. The Hall–Kier alpha value is -15.6. The Kier molecular flexibility index (Phi) is 26.5. The molecule has 1 aliphatic carbocycles. The zero-order chi connectivity index (χ0) is 84.2. The lowest BCUT2D eigenvalue weighted by molar-refractivity contribution is -0.117. The molecule has 1 saturated carbocycles. The predicted molar refractivity (Wildman–Crippen MR) is 443 cm³/mol. The third-order valence-corrected chi connectivity index (χ3v) is 18.8. The van der Waals surface area contributed by atoms with Gasteiger partial charge in [0.05, 0.1) is 62.5 Å². The molecule has 7 aromatic heterocycles. The van der Waals surface area contributed by atoms with Gasteiger partial charge in [0.25, 0.3) is 29.5 Å². The van der Waals surface area contributed by atoms with Crippen LogP contribution in [0.2, 0.25) is 5.02 Å². The lowest BCUT2D eigenvalue weighted by Gasteiger charge is -2.18. The number of pyridine rings is 7. The number of Topliss-reactive ketones (excluding diaryl/α,β-unsaturated/α-hetero) is 1. The van der Waals surface area contributed by atoms with Crippen molar-refractivity contribution in [1.29, 1.82) is 0 Å². The average Bonchev–Trinajstić information content (AvgIpc) is 1.52. The van der Waals surface area contributed by atoms with E-state index in [-0.39, 0.29) is 46.6 Å². The molecule has 0 unspecified atom stereocenters. The van der Waals surface area contributed by atoms with E-state index in [2.05, 4.69) is 50.8 Å². The highest BCUT2D eigenvalue weighted by Gasteiger charge is 2.30. The molecule has 2 aliphatic rings. The summed E-state index contributed by atoms with van der Waals surface area (Å²) in [4.78, 5) is 122. The van der Waals surface area contributed by atoms with Gasteiger partial charge in [0.2, 0.25) is 11.8 Å². The molecule has 13 N–H and O–H groups in total. The molecular weight excluding hydrogens is 1560 g/mol. The fourth-order valence-corrected chi connectivity index (χ4v) is 12.3. The maximum atomic E-state index is 12.4. The Bertz CT molecular complexity index is 6390. The molecule has 8 heterocycles. The van der Waals surface area contributed by atoms with E-state index in [4.69, 9.17) is 51.8 Å². The number of aromatic nitrogens is 7. The summed E-state index contributed by atoms with van der Waals surface area (Å²) in [5, 5.41) is 56.7. The van der Waals surface area contributed by atoms with Crippen LogP contribution in [-0.2, 0) is 22.4 Å². The van der Waals surface area contributed by atoms with Crippen LogP contribution >= 0.6 is 11.6 Å². The van der Waals surface area contributed by atoms with Gasteiger partial charge >= 0.3 is 0 Å². The number of fused-ring (bicyclic) bond motifs is 6. The van der Waals surface area contributed by atoms with Crippen molar-refractivity contribution < 1.29 is 78.6 Å². The number of para-hydroxylation sites is 1. The lowest BCUT2D eigenvalue weighted by atomic mass is 10.0. The van der Waals surface area contributed by atoms with E-state index in [9.17, 15) is 38.4 Å². The number of ether oxygens (including phenoxy) is 3. The highest BCUT2D eigenvalue weighted by molar-refractivity contribution is 6.30. The summed E-state index contributed by atoms with van der Waals surface area (Å²) >= 11 is 5.88. The van der Waals surface area contributed by atoms with Crippen molar-refractivity contribution in [3.63, 3.8) is 0 Å². The van der Waals surface area contributed by atoms with Gasteiger partial charge in [-0.15, -0.1) is 0 Å². The molecule has 0 bridgehead atoms. The zero-order valence-corrected chi connectivity index (χ0v) is 63.9. The molecule has 7 amide bonds. The molecule has 15 aromatic rings. The number of rotatable bonds is 18. The van der Waals surface area contributed by atoms with E-state index in [1.807, 2.05) is 103 Å². The van der Waals surface area contributed by atoms with Crippen LogP contribution in [-0.4, -0.2) is 115 Å². The minimum absolute atomic E-state index is 0.0146. The van der Waals surface area contributed by atoms with Crippen LogP contribution in [0.4, 0.5) is 23.0 Å². The van der Waals surface area contributed by atoms with E-state index in [1.165, 1.54) is 31.0 Å². The second-order valence-corrected chi connectivity index (χ2v) is 27.2. The zero-order valence-electron chi connectivity index (χ0n) is 63.2. The second-order valence-electron chi connectivity index (χ2n) is 26.7. The summed E-state index contributed by atoms with van der Waals surface area (Å²) in [5.74, 6) is 0.896. The van der Waals surface area contributed by atoms with Crippen molar-refractivity contribution >= 4 is 136 Å². The topological polar surface area (TPSA) is 452 Å². The SMILES string of the molecule is COc1ccc(C(=O)Cc2ccc3ncc(C(=O)NO)cc3c2)cc1.O=C(NO)c1cnc2cc(-c3ccc(Cl)cc3)ccc2c1.O=C(NO)c1cnc2cc(Nc3ccccc3)ccc2c1.O=C(NO)c1cnc2cc(Oc3ccnc(NC(=O)C4CC4)c3)ccc2c1.O=C1CCc2c(Oc3ccc4ncc(C(=O)NO)cc4c3)ccnc2N1. The van der Waals surface area contributed by atoms with E-state index in [1.54, 1.807) is 162 Å². The van der Waals surface area contributed by atoms with Gasteiger partial charge < -0.3 is 30.2 Å². The van der Waals surface area contributed by atoms with Crippen LogP contribution in [0.5, 0.6) is 28.7 Å². The van der Waals surface area contributed by atoms with Crippen molar-refractivity contribution in [3.05, 3.63) is 311 Å². The third-order valence-electron chi connectivity index (χ3n) is 18.5. The van der Waals surface area contributed by atoms with Crippen LogP contribution in [0.3, 0.4) is 0 Å². The molecule has 120 heavy (non-hydrogen) atoms. The van der Waals surface area contributed by atoms with Crippen LogP contribution in [0.1, 0.15) is 92.5 Å². The van der Waals surface area contributed by atoms with Crippen molar-refractivity contribution in [2.45, 2.75) is 32.1 Å². The normalized spacial score (nSPS) is 11.6. The number of ketones is 1. The lowest BCUT2D eigenvalue weighted by Crippen LogP contribution is -2.20. The molecule has 0 atom stereocenters. The number of anilines is 4. The Morgan fingerprint density at radius 2 is 0.917 bits per heavy atom. The van der Waals surface area contributed by atoms with Gasteiger partial charge in [0, 0.05) is 129 Å². The van der Waals surface area contributed by atoms with Gasteiger partial charge in [-0.05, 0) is 188 Å². The molecule has 600 valence electrons. The third kappa shape index (κ3) is 21.3. The van der Waals surface area contributed by atoms with Gasteiger partial charge in [-0.25, -0.2) is 37.4 Å². The summed E-state index contributed by atoms with van der Waals surface area (Å²) in [6.45, 7) is 0. The van der Waals surface area contributed by atoms with Gasteiger partial charge in [-0.1, -0.05) is 66.2 Å². The Labute approximate surface area is 685 Å². The van der Waals surface area contributed by atoms with Gasteiger partial charge in [-0.2, -0.15) is 0 Å².